The second-order valence-corrected chi connectivity index (χ2v) is 9.31. The Morgan fingerprint density at radius 1 is 1.26 bits per heavy atom. The van der Waals surface area contributed by atoms with Crippen LogP contribution < -0.4 is 4.90 Å². The molecule has 0 N–H and O–H groups in total. The third-order valence-corrected chi connectivity index (χ3v) is 7.17. The minimum absolute atomic E-state index is 0.0508. The van der Waals surface area contributed by atoms with Crippen molar-refractivity contribution in [3.8, 4) is 0 Å². The number of para-hydroxylation sites is 1. The summed E-state index contributed by atoms with van der Waals surface area (Å²) in [5.41, 5.74) is 3.82. The van der Waals surface area contributed by atoms with E-state index in [0.29, 0.717) is 18.7 Å². The predicted octanol–water partition coefficient (Wildman–Crippen LogP) is 2.43. The van der Waals surface area contributed by atoms with Crippen molar-refractivity contribution >= 4 is 27.1 Å². The standard InChI is InChI=1S/C20H23N3O3S/c1-2-22(17-10-12-27(25,26)14-17)20(24)18-8-7-16(13-21-18)23-11-9-15-5-3-4-6-19(15)23/h3-8,13,17H,2,9-12,14H2,1H3. The molecule has 27 heavy (non-hydrogen) atoms. The molecule has 6 nitrogen and oxygen atoms in total. The number of sulfone groups is 1. The van der Waals surface area contributed by atoms with Crippen LogP contribution in [0.3, 0.4) is 0 Å². The number of nitrogens with zero attached hydrogens (tertiary/aromatic N) is 3. The monoisotopic (exact) mass is 385 g/mol. The molecule has 7 heteroatoms. The van der Waals surface area contributed by atoms with E-state index in [-0.39, 0.29) is 23.5 Å². The van der Waals surface area contributed by atoms with Gasteiger partial charge in [-0.1, -0.05) is 18.2 Å². The Kier molecular flexibility index (Phi) is 4.63. The van der Waals surface area contributed by atoms with Crippen molar-refractivity contribution in [2.45, 2.75) is 25.8 Å². The maximum Gasteiger partial charge on any atom is 0.272 e. The second-order valence-electron chi connectivity index (χ2n) is 7.08. The topological polar surface area (TPSA) is 70.6 Å². The van der Waals surface area contributed by atoms with Gasteiger partial charge in [0, 0.05) is 24.8 Å². The predicted molar refractivity (Wildman–Crippen MR) is 105 cm³/mol. The number of aromatic nitrogens is 1. The summed E-state index contributed by atoms with van der Waals surface area (Å²) in [4.78, 5) is 21.1. The summed E-state index contributed by atoms with van der Waals surface area (Å²) in [5.74, 6) is 0.00481. The lowest BCUT2D eigenvalue weighted by molar-refractivity contribution is 0.0702. The maximum atomic E-state index is 12.9. The Balaban J connectivity index is 1.53. The molecule has 0 saturated carbocycles. The number of carbonyl (C=O) groups excluding carboxylic acids is 1. The van der Waals surface area contributed by atoms with Crippen molar-refractivity contribution in [2.75, 3.05) is 29.5 Å². The van der Waals surface area contributed by atoms with Crippen LogP contribution in [0.5, 0.6) is 0 Å². The first-order chi connectivity index (χ1) is 13.0. The summed E-state index contributed by atoms with van der Waals surface area (Å²) in [6, 6.07) is 11.7. The number of hydrogen-bond acceptors (Lipinski definition) is 5. The average Bonchev–Trinajstić information content (AvgIpc) is 3.25. The van der Waals surface area contributed by atoms with Crippen LogP contribution in [0.4, 0.5) is 11.4 Å². The van der Waals surface area contributed by atoms with Crippen LogP contribution in [0, 0.1) is 0 Å². The van der Waals surface area contributed by atoms with Gasteiger partial charge in [-0.25, -0.2) is 13.4 Å². The number of hydrogen-bond donors (Lipinski definition) is 0. The van der Waals surface area contributed by atoms with Crippen molar-refractivity contribution < 1.29 is 13.2 Å². The van der Waals surface area contributed by atoms with E-state index in [9.17, 15) is 13.2 Å². The number of amides is 1. The zero-order valence-corrected chi connectivity index (χ0v) is 16.2. The summed E-state index contributed by atoms with van der Waals surface area (Å²) in [7, 11) is -3.03. The van der Waals surface area contributed by atoms with Crippen molar-refractivity contribution in [3.05, 3.63) is 53.9 Å². The molecule has 0 radical (unpaired) electrons. The molecule has 0 aliphatic carbocycles. The van der Waals surface area contributed by atoms with E-state index in [1.165, 1.54) is 11.3 Å². The fourth-order valence-corrected chi connectivity index (χ4v) is 5.75. The molecule has 4 rings (SSSR count). The molecule has 1 atom stereocenters. The highest BCUT2D eigenvalue weighted by Gasteiger charge is 2.34. The molecular weight excluding hydrogens is 362 g/mol. The molecule has 1 aromatic heterocycles. The van der Waals surface area contributed by atoms with Gasteiger partial charge in [0.2, 0.25) is 0 Å². The highest BCUT2D eigenvalue weighted by Crippen LogP contribution is 2.33. The lowest BCUT2D eigenvalue weighted by Gasteiger charge is -2.26. The van der Waals surface area contributed by atoms with Crippen molar-refractivity contribution in [3.63, 3.8) is 0 Å². The second kappa shape index (κ2) is 6.96. The Morgan fingerprint density at radius 2 is 2.07 bits per heavy atom. The van der Waals surface area contributed by atoms with Crippen LogP contribution in [0.25, 0.3) is 0 Å². The van der Waals surface area contributed by atoms with Crippen LogP contribution >= 0.6 is 0 Å². The van der Waals surface area contributed by atoms with E-state index >= 15 is 0 Å². The molecule has 3 heterocycles. The van der Waals surface area contributed by atoms with Gasteiger partial charge in [0.05, 0.1) is 23.4 Å². The molecule has 1 saturated heterocycles. The van der Waals surface area contributed by atoms with Gasteiger partial charge >= 0.3 is 0 Å². The van der Waals surface area contributed by atoms with Gasteiger partial charge in [-0.2, -0.15) is 0 Å². The maximum absolute atomic E-state index is 12.9. The quantitative estimate of drug-likeness (QED) is 0.808. The minimum Gasteiger partial charge on any atom is -0.340 e. The van der Waals surface area contributed by atoms with Crippen molar-refractivity contribution in [1.82, 2.24) is 9.88 Å². The molecule has 1 amide bonds. The van der Waals surface area contributed by atoms with Crippen LogP contribution in [-0.4, -0.2) is 54.8 Å². The highest BCUT2D eigenvalue weighted by molar-refractivity contribution is 7.91. The molecule has 142 valence electrons. The smallest absolute Gasteiger partial charge is 0.272 e. The molecule has 1 unspecified atom stereocenters. The van der Waals surface area contributed by atoms with E-state index < -0.39 is 9.84 Å². The molecule has 2 aromatic rings. The summed E-state index contributed by atoms with van der Waals surface area (Å²) in [6.45, 7) is 3.25. The molecule has 1 aromatic carbocycles. The van der Waals surface area contributed by atoms with Crippen LogP contribution in [0.1, 0.15) is 29.4 Å². The van der Waals surface area contributed by atoms with Crippen molar-refractivity contribution in [2.24, 2.45) is 0 Å². The number of rotatable bonds is 4. The first kappa shape index (κ1) is 18.0. The highest BCUT2D eigenvalue weighted by atomic mass is 32.2. The van der Waals surface area contributed by atoms with E-state index in [1.807, 2.05) is 25.1 Å². The van der Waals surface area contributed by atoms with Crippen LogP contribution in [0.2, 0.25) is 0 Å². The fourth-order valence-electron chi connectivity index (χ4n) is 4.01. The number of benzene rings is 1. The van der Waals surface area contributed by atoms with Crippen molar-refractivity contribution in [1.29, 1.82) is 0 Å². The molecule has 1 fully saturated rings. The van der Waals surface area contributed by atoms with E-state index in [0.717, 1.165) is 18.7 Å². The minimum atomic E-state index is -3.03. The molecule has 0 bridgehead atoms. The first-order valence-corrected chi connectivity index (χ1v) is 11.1. The SMILES string of the molecule is CCN(C(=O)c1ccc(N2CCc3ccccc32)cn1)C1CCS(=O)(=O)C1. The van der Waals surface area contributed by atoms with Gasteiger partial charge in [0.25, 0.3) is 5.91 Å². The normalized spacial score (nSPS) is 20.5. The summed E-state index contributed by atoms with van der Waals surface area (Å²) in [5, 5.41) is 0. The molecule has 0 spiro atoms. The number of carbonyl (C=O) groups is 1. The number of pyridine rings is 1. The van der Waals surface area contributed by atoms with E-state index in [2.05, 4.69) is 22.0 Å². The largest absolute Gasteiger partial charge is 0.340 e. The Hall–Kier alpha value is -2.41. The van der Waals surface area contributed by atoms with Gasteiger partial charge in [-0.05, 0) is 43.5 Å². The third kappa shape index (κ3) is 3.43. The lowest BCUT2D eigenvalue weighted by Crippen LogP contribution is -2.41. The van der Waals surface area contributed by atoms with Gasteiger partial charge < -0.3 is 9.80 Å². The van der Waals surface area contributed by atoms with Gasteiger partial charge in [0.1, 0.15) is 5.69 Å². The van der Waals surface area contributed by atoms with Crippen LogP contribution in [-0.2, 0) is 16.3 Å². The Labute approximate surface area is 159 Å². The Morgan fingerprint density at radius 3 is 2.74 bits per heavy atom. The number of fused-ring (bicyclic) bond motifs is 1. The number of anilines is 2. The third-order valence-electron chi connectivity index (χ3n) is 5.42. The molecule has 2 aliphatic heterocycles. The summed E-state index contributed by atoms with van der Waals surface area (Å²) < 4.78 is 23.5. The van der Waals surface area contributed by atoms with Gasteiger partial charge in [-0.15, -0.1) is 0 Å². The van der Waals surface area contributed by atoms with E-state index in [4.69, 9.17) is 0 Å². The first-order valence-electron chi connectivity index (χ1n) is 9.31. The average molecular weight is 385 g/mol. The summed E-state index contributed by atoms with van der Waals surface area (Å²) >= 11 is 0. The zero-order valence-electron chi connectivity index (χ0n) is 15.3. The zero-order chi connectivity index (χ0) is 19.0. The Bertz CT molecular complexity index is 957. The molecule has 2 aliphatic rings. The molecular formula is C20H23N3O3S. The lowest BCUT2D eigenvalue weighted by atomic mass is 10.2. The van der Waals surface area contributed by atoms with E-state index in [1.54, 1.807) is 17.2 Å². The fraction of sp³-hybridized carbons (Fsp3) is 0.400. The summed E-state index contributed by atoms with van der Waals surface area (Å²) in [6.07, 6.45) is 3.23. The van der Waals surface area contributed by atoms with Gasteiger partial charge in [-0.3, -0.25) is 4.79 Å². The van der Waals surface area contributed by atoms with Gasteiger partial charge in [0.15, 0.2) is 9.84 Å². The van der Waals surface area contributed by atoms with Crippen LogP contribution in [0.15, 0.2) is 42.6 Å².